The van der Waals surface area contributed by atoms with Crippen LogP contribution in [0.2, 0.25) is 0 Å². The number of nitrogens with zero attached hydrogens (tertiary/aromatic N) is 2. The molecule has 0 unspecified atom stereocenters. The van der Waals surface area contributed by atoms with Gasteiger partial charge < -0.3 is 10.1 Å². The van der Waals surface area contributed by atoms with Crippen molar-refractivity contribution < 1.29 is 9.53 Å². The average molecular weight is 289 g/mol. The maximum absolute atomic E-state index is 12.1. The SMILES string of the molecule is O=C(CCc1ccncc1)N[C@H]1COC[C@@H]1N1CCCC1. The molecule has 114 valence electrons. The van der Waals surface area contributed by atoms with Gasteiger partial charge in [-0.3, -0.25) is 14.7 Å². The van der Waals surface area contributed by atoms with Crippen LogP contribution in [0.3, 0.4) is 0 Å². The molecule has 0 saturated carbocycles. The molecule has 1 aromatic heterocycles. The number of aromatic nitrogens is 1. The van der Waals surface area contributed by atoms with E-state index in [9.17, 15) is 4.79 Å². The Bertz CT molecular complexity index is 460. The van der Waals surface area contributed by atoms with Gasteiger partial charge in [0, 0.05) is 18.8 Å². The molecule has 1 amide bonds. The number of carbonyl (C=O) groups excluding carboxylic acids is 1. The Kier molecular flexibility index (Phi) is 4.83. The molecule has 2 aliphatic rings. The molecule has 3 rings (SSSR count). The lowest BCUT2D eigenvalue weighted by Crippen LogP contribution is -2.50. The molecule has 0 bridgehead atoms. The highest BCUT2D eigenvalue weighted by atomic mass is 16.5. The van der Waals surface area contributed by atoms with Crippen molar-refractivity contribution in [2.75, 3.05) is 26.3 Å². The topological polar surface area (TPSA) is 54.5 Å². The van der Waals surface area contributed by atoms with Gasteiger partial charge >= 0.3 is 0 Å². The summed E-state index contributed by atoms with van der Waals surface area (Å²) in [5.74, 6) is 0.117. The predicted octanol–water partition coefficient (Wildman–Crippen LogP) is 0.994. The van der Waals surface area contributed by atoms with E-state index in [1.165, 1.54) is 12.8 Å². The summed E-state index contributed by atoms with van der Waals surface area (Å²) in [6.07, 6.45) is 7.34. The maximum atomic E-state index is 12.1. The summed E-state index contributed by atoms with van der Waals surface area (Å²) < 4.78 is 5.58. The van der Waals surface area contributed by atoms with E-state index in [4.69, 9.17) is 4.74 Å². The van der Waals surface area contributed by atoms with E-state index < -0.39 is 0 Å². The molecule has 5 heteroatoms. The number of amides is 1. The first-order chi connectivity index (χ1) is 10.3. The van der Waals surface area contributed by atoms with Crippen LogP contribution < -0.4 is 5.32 Å². The van der Waals surface area contributed by atoms with Crippen molar-refractivity contribution >= 4 is 5.91 Å². The number of nitrogens with one attached hydrogen (secondary N) is 1. The molecule has 3 heterocycles. The number of carbonyl (C=O) groups is 1. The lowest BCUT2D eigenvalue weighted by molar-refractivity contribution is -0.122. The van der Waals surface area contributed by atoms with Crippen LogP contribution in [0.4, 0.5) is 0 Å². The van der Waals surface area contributed by atoms with Crippen molar-refractivity contribution in [2.45, 2.75) is 37.8 Å². The van der Waals surface area contributed by atoms with Crippen molar-refractivity contribution in [3.63, 3.8) is 0 Å². The quantitative estimate of drug-likeness (QED) is 0.878. The van der Waals surface area contributed by atoms with Gasteiger partial charge in [0.25, 0.3) is 0 Å². The van der Waals surface area contributed by atoms with Crippen LogP contribution in [0.15, 0.2) is 24.5 Å². The van der Waals surface area contributed by atoms with Crippen molar-refractivity contribution in [3.8, 4) is 0 Å². The molecule has 1 N–H and O–H groups in total. The molecule has 5 nitrogen and oxygen atoms in total. The summed E-state index contributed by atoms with van der Waals surface area (Å²) in [7, 11) is 0. The number of aryl methyl sites for hydroxylation is 1. The molecular weight excluding hydrogens is 266 g/mol. The van der Waals surface area contributed by atoms with Crippen molar-refractivity contribution in [1.82, 2.24) is 15.2 Å². The first-order valence-corrected chi connectivity index (χ1v) is 7.83. The Morgan fingerprint density at radius 2 is 2.05 bits per heavy atom. The highest BCUT2D eigenvalue weighted by Gasteiger charge is 2.34. The van der Waals surface area contributed by atoms with E-state index in [0.29, 0.717) is 19.1 Å². The molecule has 0 aliphatic carbocycles. The van der Waals surface area contributed by atoms with Gasteiger partial charge in [-0.25, -0.2) is 0 Å². The van der Waals surface area contributed by atoms with Crippen LogP contribution in [-0.2, 0) is 16.0 Å². The van der Waals surface area contributed by atoms with Crippen molar-refractivity contribution in [3.05, 3.63) is 30.1 Å². The van der Waals surface area contributed by atoms with Gasteiger partial charge in [0.2, 0.25) is 5.91 Å². The van der Waals surface area contributed by atoms with Crippen molar-refractivity contribution in [1.29, 1.82) is 0 Å². The first-order valence-electron chi connectivity index (χ1n) is 7.83. The highest BCUT2D eigenvalue weighted by Crippen LogP contribution is 2.19. The number of hydrogen-bond donors (Lipinski definition) is 1. The van der Waals surface area contributed by atoms with E-state index >= 15 is 0 Å². The Morgan fingerprint density at radius 1 is 1.29 bits per heavy atom. The number of ether oxygens (including phenoxy) is 1. The first kappa shape index (κ1) is 14.5. The second kappa shape index (κ2) is 7.00. The zero-order chi connectivity index (χ0) is 14.5. The summed E-state index contributed by atoms with van der Waals surface area (Å²) in [5, 5.41) is 3.15. The Balaban J connectivity index is 1.47. The standard InChI is InChI=1S/C16H23N3O2/c20-16(4-3-13-5-7-17-8-6-13)18-14-11-21-12-15(14)19-9-1-2-10-19/h5-8,14-15H,1-4,9-12H2,(H,18,20)/t14-,15-/m0/s1. The van der Waals surface area contributed by atoms with Gasteiger partial charge in [-0.1, -0.05) is 0 Å². The molecule has 2 aliphatic heterocycles. The molecule has 21 heavy (non-hydrogen) atoms. The molecule has 0 spiro atoms. The zero-order valence-corrected chi connectivity index (χ0v) is 12.3. The zero-order valence-electron chi connectivity index (χ0n) is 12.3. The van der Waals surface area contributed by atoms with Gasteiger partial charge in [-0.05, 0) is 50.0 Å². The molecule has 0 aromatic carbocycles. The summed E-state index contributed by atoms with van der Waals surface area (Å²) in [6.45, 7) is 3.66. The molecule has 2 saturated heterocycles. The van der Waals surface area contributed by atoms with Crippen LogP contribution >= 0.6 is 0 Å². The van der Waals surface area contributed by atoms with E-state index in [1.54, 1.807) is 12.4 Å². The summed E-state index contributed by atoms with van der Waals surface area (Å²) in [6, 6.07) is 4.42. The number of pyridine rings is 1. The largest absolute Gasteiger partial charge is 0.378 e. The lowest BCUT2D eigenvalue weighted by atomic mass is 10.1. The third-order valence-corrected chi connectivity index (χ3v) is 4.40. The number of hydrogen-bond acceptors (Lipinski definition) is 4. The van der Waals surface area contributed by atoms with Gasteiger partial charge in [0.05, 0.1) is 25.3 Å². The molecule has 0 radical (unpaired) electrons. The van der Waals surface area contributed by atoms with Gasteiger partial charge in [-0.2, -0.15) is 0 Å². The van der Waals surface area contributed by atoms with E-state index in [-0.39, 0.29) is 11.9 Å². The minimum Gasteiger partial charge on any atom is -0.378 e. The van der Waals surface area contributed by atoms with E-state index in [2.05, 4.69) is 15.2 Å². The van der Waals surface area contributed by atoms with Gasteiger partial charge in [-0.15, -0.1) is 0 Å². The molecular formula is C16H23N3O2. The van der Waals surface area contributed by atoms with Gasteiger partial charge in [0.1, 0.15) is 0 Å². The lowest BCUT2D eigenvalue weighted by Gasteiger charge is -2.27. The fourth-order valence-corrected chi connectivity index (χ4v) is 3.20. The average Bonchev–Trinajstić information content (AvgIpc) is 3.17. The minimum absolute atomic E-state index is 0.117. The molecule has 2 atom stereocenters. The summed E-state index contributed by atoms with van der Waals surface area (Å²) in [4.78, 5) is 18.6. The van der Waals surface area contributed by atoms with Crippen LogP contribution in [-0.4, -0.2) is 54.2 Å². The second-order valence-corrected chi connectivity index (χ2v) is 5.88. The van der Waals surface area contributed by atoms with Crippen molar-refractivity contribution in [2.24, 2.45) is 0 Å². The van der Waals surface area contributed by atoms with Crippen LogP contribution in [0.5, 0.6) is 0 Å². The second-order valence-electron chi connectivity index (χ2n) is 5.88. The predicted molar refractivity (Wildman–Crippen MR) is 79.9 cm³/mol. The molecule has 2 fully saturated rings. The fraction of sp³-hybridized carbons (Fsp3) is 0.625. The van der Waals surface area contributed by atoms with Crippen LogP contribution in [0, 0.1) is 0 Å². The van der Waals surface area contributed by atoms with E-state index in [0.717, 1.165) is 31.7 Å². The van der Waals surface area contributed by atoms with Crippen LogP contribution in [0.25, 0.3) is 0 Å². The minimum atomic E-state index is 0.117. The van der Waals surface area contributed by atoms with Crippen LogP contribution in [0.1, 0.15) is 24.8 Å². The maximum Gasteiger partial charge on any atom is 0.220 e. The fourth-order valence-electron chi connectivity index (χ4n) is 3.20. The number of likely N-dealkylation sites (tertiary alicyclic amines) is 1. The van der Waals surface area contributed by atoms with E-state index in [1.807, 2.05) is 12.1 Å². The Morgan fingerprint density at radius 3 is 2.81 bits per heavy atom. The summed E-state index contributed by atoms with van der Waals surface area (Å²) >= 11 is 0. The third kappa shape index (κ3) is 3.80. The monoisotopic (exact) mass is 289 g/mol. The Hall–Kier alpha value is -1.46. The Labute approximate surface area is 125 Å². The summed E-state index contributed by atoms with van der Waals surface area (Å²) in [5.41, 5.74) is 1.15. The molecule has 1 aromatic rings. The normalized spacial score (nSPS) is 26.1. The number of rotatable bonds is 5. The van der Waals surface area contributed by atoms with Gasteiger partial charge in [0.15, 0.2) is 0 Å². The highest BCUT2D eigenvalue weighted by molar-refractivity contribution is 5.76. The smallest absolute Gasteiger partial charge is 0.220 e. The third-order valence-electron chi connectivity index (χ3n) is 4.40.